The van der Waals surface area contributed by atoms with Gasteiger partial charge in [0.25, 0.3) is 0 Å². The third-order valence-corrected chi connectivity index (χ3v) is 7.10. The number of hydrogen-bond acceptors (Lipinski definition) is 7. The number of carbonyl (C=O) groups is 1. The fraction of sp³-hybridized carbons (Fsp3) is 0.194. The maximum atomic E-state index is 15.4. The number of aromatic carboxylic acids is 1. The summed E-state index contributed by atoms with van der Waals surface area (Å²) >= 11 is 0. The zero-order valence-corrected chi connectivity index (χ0v) is 22.1. The maximum absolute atomic E-state index is 15.4. The molecule has 5 aromatic rings. The Balaban J connectivity index is 1.23. The normalized spacial score (nSPS) is 14.4. The van der Waals surface area contributed by atoms with Crippen molar-refractivity contribution in [2.45, 2.75) is 32.1 Å². The molecule has 3 aromatic carbocycles. The second kappa shape index (κ2) is 11.3. The average molecular weight is 568 g/mol. The number of fused-ring (bicyclic) bond motifs is 1. The van der Waals surface area contributed by atoms with Gasteiger partial charge < -0.3 is 19.1 Å². The second-order valence-corrected chi connectivity index (χ2v) is 9.85. The van der Waals surface area contributed by atoms with Crippen molar-refractivity contribution in [2.24, 2.45) is 0 Å². The molecule has 0 radical (unpaired) electrons. The molecule has 1 aliphatic rings. The van der Waals surface area contributed by atoms with Crippen molar-refractivity contribution < 1.29 is 28.2 Å². The number of imidazole rings is 1. The molecule has 1 saturated heterocycles. The molecule has 0 spiro atoms. The summed E-state index contributed by atoms with van der Waals surface area (Å²) in [6.45, 7) is 1.04. The smallest absolute Gasteiger partial charge is 0.335 e. The SMILES string of the molecule is N#Cc1ccc(COc2nccc(-c3ccc(Cc4nc5ccc(C(=O)O)cc5n4C[C@@H]4CCO4)cc3F)n2)c(F)c1. The van der Waals surface area contributed by atoms with Crippen LogP contribution in [0, 0.1) is 23.0 Å². The van der Waals surface area contributed by atoms with Gasteiger partial charge in [0.15, 0.2) is 0 Å². The monoisotopic (exact) mass is 567 g/mol. The first kappa shape index (κ1) is 27.0. The standard InChI is InChI=1S/C31H23F2N5O4/c32-24-12-19(15-34)1-3-21(24)17-42-31-35-9-7-26(37-31)23-5-2-18(11-25(23)33)13-29-36-27-6-4-20(30(39)40)14-28(27)38(29)16-22-8-10-41-22/h1-7,9,11-12,14,22H,8,10,13,16-17H2,(H,39,40)/t22-/m0/s1. The second-order valence-electron chi connectivity index (χ2n) is 9.85. The van der Waals surface area contributed by atoms with E-state index in [0.29, 0.717) is 47.7 Å². The molecule has 0 amide bonds. The largest absolute Gasteiger partial charge is 0.478 e. The highest BCUT2D eigenvalue weighted by Crippen LogP contribution is 2.27. The van der Waals surface area contributed by atoms with Gasteiger partial charge in [-0.2, -0.15) is 10.2 Å². The Morgan fingerprint density at radius 3 is 2.67 bits per heavy atom. The van der Waals surface area contributed by atoms with Gasteiger partial charge in [0.1, 0.15) is 24.1 Å². The molecule has 2 aromatic heterocycles. The molecule has 210 valence electrons. The highest BCUT2D eigenvalue weighted by Gasteiger charge is 2.23. The van der Waals surface area contributed by atoms with E-state index in [-0.39, 0.29) is 41.0 Å². The molecule has 1 fully saturated rings. The lowest BCUT2D eigenvalue weighted by Gasteiger charge is -2.27. The van der Waals surface area contributed by atoms with Crippen LogP contribution in [0.15, 0.2) is 66.9 Å². The lowest BCUT2D eigenvalue weighted by molar-refractivity contribution is -0.0589. The molecule has 1 N–H and O–H groups in total. The Bertz CT molecular complexity index is 1860. The van der Waals surface area contributed by atoms with E-state index in [4.69, 9.17) is 19.7 Å². The van der Waals surface area contributed by atoms with Gasteiger partial charge in [0.05, 0.1) is 46.6 Å². The van der Waals surface area contributed by atoms with E-state index >= 15 is 4.39 Å². The summed E-state index contributed by atoms with van der Waals surface area (Å²) in [6.07, 6.45) is 2.65. The topological polar surface area (TPSA) is 123 Å². The minimum Gasteiger partial charge on any atom is -0.478 e. The first-order valence-corrected chi connectivity index (χ1v) is 13.1. The number of hydrogen-bond donors (Lipinski definition) is 1. The summed E-state index contributed by atoms with van der Waals surface area (Å²) in [4.78, 5) is 24.6. The van der Waals surface area contributed by atoms with Gasteiger partial charge in [-0.25, -0.2) is 23.5 Å². The summed E-state index contributed by atoms with van der Waals surface area (Å²) in [5, 5.41) is 18.4. The number of carboxylic acids is 1. The molecule has 11 heteroatoms. The van der Waals surface area contributed by atoms with E-state index in [1.54, 1.807) is 30.3 Å². The van der Waals surface area contributed by atoms with Crippen LogP contribution in [0.3, 0.4) is 0 Å². The van der Waals surface area contributed by atoms with Crippen LogP contribution in [0.25, 0.3) is 22.3 Å². The predicted molar refractivity (Wildman–Crippen MR) is 147 cm³/mol. The molecule has 6 rings (SSSR count). The summed E-state index contributed by atoms with van der Waals surface area (Å²) in [5.74, 6) is -1.44. The molecule has 0 bridgehead atoms. The van der Waals surface area contributed by atoms with Crippen LogP contribution in [0.4, 0.5) is 8.78 Å². The van der Waals surface area contributed by atoms with Crippen molar-refractivity contribution in [3.8, 4) is 23.3 Å². The molecular weight excluding hydrogens is 544 g/mol. The van der Waals surface area contributed by atoms with Crippen molar-refractivity contribution >= 4 is 17.0 Å². The Hall–Kier alpha value is -5.21. The number of aromatic nitrogens is 4. The van der Waals surface area contributed by atoms with E-state index in [9.17, 15) is 14.3 Å². The van der Waals surface area contributed by atoms with E-state index < -0.39 is 17.6 Å². The van der Waals surface area contributed by atoms with E-state index in [2.05, 4.69) is 9.97 Å². The van der Waals surface area contributed by atoms with Gasteiger partial charge in [0.2, 0.25) is 0 Å². The molecule has 1 aliphatic heterocycles. The van der Waals surface area contributed by atoms with Gasteiger partial charge in [-0.15, -0.1) is 0 Å². The Kier molecular flexibility index (Phi) is 7.29. The Labute approximate surface area is 238 Å². The molecule has 0 unspecified atom stereocenters. The fourth-order valence-electron chi connectivity index (χ4n) is 4.77. The van der Waals surface area contributed by atoms with Crippen molar-refractivity contribution in [1.29, 1.82) is 5.26 Å². The van der Waals surface area contributed by atoms with Crippen LogP contribution in [0.2, 0.25) is 0 Å². The lowest BCUT2D eigenvalue weighted by atomic mass is 10.1. The molecule has 0 aliphatic carbocycles. The van der Waals surface area contributed by atoms with Gasteiger partial charge >= 0.3 is 12.0 Å². The van der Waals surface area contributed by atoms with Crippen LogP contribution in [0.5, 0.6) is 6.01 Å². The van der Waals surface area contributed by atoms with Gasteiger partial charge in [-0.05, 0) is 60.5 Å². The van der Waals surface area contributed by atoms with Crippen molar-refractivity contribution in [2.75, 3.05) is 6.61 Å². The number of benzene rings is 3. The number of rotatable bonds is 9. The van der Waals surface area contributed by atoms with Crippen molar-refractivity contribution in [3.05, 3.63) is 107 Å². The fourth-order valence-corrected chi connectivity index (χ4v) is 4.77. The quantitative estimate of drug-likeness (QED) is 0.255. The highest BCUT2D eigenvalue weighted by atomic mass is 19.1. The Morgan fingerprint density at radius 2 is 1.95 bits per heavy atom. The molecule has 3 heterocycles. The third-order valence-electron chi connectivity index (χ3n) is 7.10. The number of carboxylic acid groups (broad SMARTS) is 1. The van der Waals surface area contributed by atoms with E-state index in [1.165, 1.54) is 30.5 Å². The molecule has 0 saturated carbocycles. The van der Waals surface area contributed by atoms with E-state index in [1.807, 2.05) is 10.6 Å². The minimum absolute atomic E-state index is 0.0105. The number of nitriles is 1. The van der Waals surface area contributed by atoms with Gasteiger partial charge in [-0.3, -0.25) is 0 Å². The molecule has 9 nitrogen and oxygen atoms in total. The lowest BCUT2D eigenvalue weighted by Crippen LogP contribution is -2.31. The summed E-state index contributed by atoms with van der Waals surface area (Å²) in [7, 11) is 0. The highest BCUT2D eigenvalue weighted by molar-refractivity contribution is 5.92. The Morgan fingerprint density at radius 1 is 1.10 bits per heavy atom. The molecular formula is C31H23F2N5O4. The number of halogens is 2. The molecule has 1 atom stereocenters. The summed E-state index contributed by atoms with van der Waals surface area (Å²) in [5.41, 5.74) is 3.13. The predicted octanol–water partition coefficient (Wildman–Crippen LogP) is 5.30. The average Bonchev–Trinajstić information content (AvgIpc) is 3.30. The van der Waals surface area contributed by atoms with Gasteiger partial charge in [-0.1, -0.05) is 12.1 Å². The van der Waals surface area contributed by atoms with Crippen LogP contribution >= 0.6 is 0 Å². The first-order chi connectivity index (χ1) is 20.4. The first-order valence-electron chi connectivity index (χ1n) is 13.1. The molecule has 42 heavy (non-hydrogen) atoms. The van der Waals surface area contributed by atoms with Crippen LogP contribution in [-0.4, -0.2) is 43.3 Å². The van der Waals surface area contributed by atoms with E-state index in [0.717, 1.165) is 12.5 Å². The number of nitrogens with zero attached hydrogens (tertiary/aromatic N) is 5. The van der Waals surface area contributed by atoms with Gasteiger partial charge in [0, 0.05) is 30.4 Å². The van der Waals surface area contributed by atoms with Crippen molar-refractivity contribution in [3.63, 3.8) is 0 Å². The van der Waals surface area contributed by atoms with Crippen molar-refractivity contribution in [1.82, 2.24) is 19.5 Å². The van der Waals surface area contributed by atoms with Crippen LogP contribution < -0.4 is 4.74 Å². The third kappa shape index (κ3) is 5.53. The zero-order chi connectivity index (χ0) is 29.2. The maximum Gasteiger partial charge on any atom is 0.335 e. The summed E-state index contributed by atoms with van der Waals surface area (Å²) < 4.78 is 42.7. The van der Waals surface area contributed by atoms with Crippen LogP contribution in [0.1, 0.15) is 39.3 Å². The minimum atomic E-state index is -1.02. The summed E-state index contributed by atoms with van der Waals surface area (Å²) in [6, 6.07) is 17.0. The zero-order valence-electron chi connectivity index (χ0n) is 22.1. The van der Waals surface area contributed by atoms with Crippen LogP contribution in [-0.2, 0) is 24.3 Å². The number of ether oxygens (including phenoxy) is 2.